The van der Waals surface area contributed by atoms with E-state index in [-0.39, 0.29) is 0 Å². The number of halogens is 2. The molecule has 0 radical (unpaired) electrons. The first-order chi connectivity index (χ1) is 8.04. The van der Waals surface area contributed by atoms with Crippen LogP contribution in [0.15, 0.2) is 24.3 Å². The third kappa shape index (κ3) is 4.63. The molecule has 6 heteroatoms. The normalized spacial score (nSPS) is 10.6. The van der Waals surface area contributed by atoms with Crippen molar-refractivity contribution in [1.82, 2.24) is 0 Å². The molecule has 0 atom stereocenters. The molecular weight excluding hydrogens is 403 g/mol. The third-order valence-corrected chi connectivity index (χ3v) is 6.27. The summed E-state index contributed by atoms with van der Waals surface area (Å²) in [4.78, 5) is 22.0. The van der Waals surface area contributed by atoms with Gasteiger partial charge in [0.25, 0.3) is 0 Å². The van der Waals surface area contributed by atoms with Gasteiger partial charge in [0.1, 0.15) is 0 Å². The summed E-state index contributed by atoms with van der Waals surface area (Å²) >= 11 is 0.666. The van der Waals surface area contributed by atoms with Crippen LogP contribution in [0.2, 0.25) is 0 Å². The fourth-order valence-electron chi connectivity index (χ4n) is 1.05. The molecule has 17 heavy (non-hydrogen) atoms. The Bertz CT molecular complexity index is 406. The number of hydrogen-bond acceptors (Lipinski definition) is 4. The van der Waals surface area contributed by atoms with Gasteiger partial charge in [0, 0.05) is 0 Å². The maximum absolute atomic E-state index is 11.0. The summed E-state index contributed by atoms with van der Waals surface area (Å²) < 4.78 is 11.1. The van der Waals surface area contributed by atoms with E-state index in [0.29, 0.717) is 5.33 Å². The maximum atomic E-state index is 11.0. The van der Waals surface area contributed by atoms with Gasteiger partial charge in [-0.3, -0.25) is 0 Å². The predicted octanol–water partition coefficient (Wildman–Crippen LogP) is 3.21. The van der Waals surface area contributed by atoms with Crippen LogP contribution in [0.5, 0.6) is 0 Å². The Kier molecular flexibility index (Phi) is 5.90. The van der Waals surface area contributed by atoms with Gasteiger partial charge in [0.15, 0.2) is 0 Å². The second-order valence-electron chi connectivity index (χ2n) is 3.08. The Morgan fingerprint density at radius 1 is 1.18 bits per heavy atom. The minimum absolute atomic E-state index is 0.430. The second-order valence-corrected chi connectivity index (χ2v) is 6.92. The Hall–Kier alpha value is -0.630. The first kappa shape index (κ1) is 14.4. The van der Waals surface area contributed by atoms with E-state index in [9.17, 15) is 9.59 Å². The fraction of sp³-hybridized carbons (Fsp3) is 0.273. The molecule has 0 spiro atoms. The zero-order valence-electron chi connectivity index (χ0n) is 9.41. The van der Waals surface area contributed by atoms with Gasteiger partial charge in [0.2, 0.25) is 0 Å². The Morgan fingerprint density at radius 3 is 2.18 bits per heavy atom. The SMILES string of the molecule is CC(=O)OI(OC(C)=O)c1ccccc1CBr. The molecule has 0 unspecified atom stereocenters. The molecule has 0 aliphatic rings. The molecule has 1 rings (SSSR count). The molecule has 94 valence electrons. The average Bonchev–Trinajstić information content (AvgIpc) is 2.27. The summed E-state index contributed by atoms with van der Waals surface area (Å²) in [5.41, 5.74) is 0.972. The Balaban J connectivity index is 3.02. The summed E-state index contributed by atoms with van der Waals surface area (Å²) in [5.74, 6) is -0.860. The van der Waals surface area contributed by atoms with Crippen LogP contribution in [-0.2, 0) is 21.1 Å². The molecule has 0 aromatic heterocycles. The molecule has 1 aromatic rings. The number of alkyl halides is 1. The van der Waals surface area contributed by atoms with E-state index >= 15 is 0 Å². The van der Waals surface area contributed by atoms with Gasteiger partial charge >= 0.3 is 117 Å². The van der Waals surface area contributed by atoms with Crippen LogP contribution in [-0.4, -0.2) is 11.9 Å². The van der Waals surface area contributed by atoms with E-state index in [1.165, 1.54) is 13.8 Å². The van der Waals surface area contributed by atoms with Crippen LogP contribution in [0.4, 0.5) is 0 Å². The fourth-order valence-corrected chi connectivity index (χ4v) is 5.19. The molecule has 0 heterocycles. The molecule has 0 amide bonds. The number of carbonyl (C=O) groups excluding carboxylic acids is 2. The molecule has 0 aliphatic carbocycles. The van der Waals surface area contributed by atoms with Crippen molar-refractivity contribution in [1.29, 1.82) is 0 Å². The van der Waals surface area contributed by atoms with Gasteiger partial charge in [-0.05, 0) is 0 Å². The van der Waals surface area contributed by atoms with Gasteiger partial charge in [-0.2, -0.15) is 0 Å². The van der Waals surface area contributed by atoms with E-state index < -0.39 is 32.6 Å². The van der Waals surface area contributed by atoms with Gasteiger partial charge in [-0.25, -0.2) is 0 Å². The molecule has 1 aromatic carbocycles. The van der Waals surface area contributed by atoms with Crippen LogP contribution in [0, 0.1) is 3.57 Å². The van der Waals surface area contributed by atoms with Crippen LogP contribution in [0.1, 0.15) is 19.4 Å². The van der Waals surface area contributed by atoms with E-state index in [0.717, 1.165) is 9.13 Å². The second kappa shape index (κ2) is 6.95. The summed E-state index contributed by atoms with van der Waals surface area (Å²) in [6.07, 6.45) is 0. The number of rotatable bonds is 4. The molecule has 0 bridgehead atoms. The summed E-state index contributed by atoms with van der Waals surface area (Å²) in [6, 6.07) is 7.45. The van der Waals surface area contributed by atoms with Gasteiger partial charge in [-0.1, -0.05) is 0 Å². The Labute approximate surface area is 116 Å². The van der Waals surface area contributed by atoms with Crippen molar-refractivity contribution in [3.8, 4) is 0 Å². The number of carbonyl (C=O) groups is 2. The predicted molar refractivity (Wildman–Crippen MR) is 75.3 cm³/mol. The quantitative estimate of drug-likeness (QED) is 0.560. The summed E-state index contributed by atoms with van der Waals surface area (Å²) in [5, 5.41) is 0.625. The first-order valence-corrected chi connectivity index (χ1v) is 8.72. The van der Waals surface area contributed by atoms with Crippen LogP contribution < -0.4 is 0 Å². The van der Waals surface area contributed by atoms with Crippen molar-refractivity contribution in [2.75, 3.05) is 0 Å². The zero-order chi connectivity index (χ0) is 12.8. The zero-order valence-corrected chi connectivity index (χ0v) is 13.1. The van der Waals surface area contributed by atoms with Crippen molar-refractivity contribution >= 4 is 48.5 Å². The Morgan fingerprint density at radius 2 is 1.71 bits per heavy atom. The molecule has 4 nitrogen and oxygen atoms in total. The number of benzene rings is 1. The molecule has 0 N–H and O–H groups in total. The van der Waals surface area contributed by atoms with Crippen molar-refractivity contribution in [3.05, 3.63) is 33.4 Å². The van der Waals surface area contributed by atoms with Gasteiger partial charge < -0.3 is 0 Å². The van der Waals surface area contributed by atoms with E-state index in [1.807, 2.05) is 24.3 Å². The van der Waals surface area contributed by atoms with Crippen LogP contribution >= 0.6 is 36.6 Å². The molecule has 0 saturated carbocycles. The third-order valence-electron chi connectivity index (χ3n) is 1.63. The van der Waals surface area contributed by atoms with Crippen LogP contribution in [0.3, 0.4) is 0 Å². The van der Waals surface area contributed by atoms with E-state index in [2.05, 4.69) is 15.9 Å². The van der Waals surface area contributed by atoms with Crippen molar-refractivity contribution in [2.24, 2.45) is 0 Å². The summed E-state index contributed by atoms with van der Waals surface area (Å²) in [6.45, 7) is 2.62. The van der Waals surface area contributed by atoms with Crippen molar-refractivity contribution < 1.29 is 15.7 Å². The summed E-state index contributed by atoms with van der Waals surface area (Å²) in [7, 11) is 0. The monoisotopic (exact) mass is 414 g/mol. The molecule has 0 fully saturated rings. The van der Waals surface area contributed by atoms with Crippen molar-refractivity contribution in [3.63, 3.8) is 0 Å². The van der Waals surface area contributed by atoms with E-state index in [4.69, 9.17) is 6.13 Å². The van der Waals surface area contributed by atoms with Gasteiger partial charge in [0.05, 0.1) is 0 Å². The first-order valence-electron chi connectivity index (χ1n) is 4.76. The van der Waals surface area contributed by atoms with E-state index in [1.54, 1.807) is 0 Å². The standard InChI is InChI=1S/C11H12BrIO4/c1-8(14)16-13(17-9(2)15)11-6-4-3-5-10(11)7-12/h3-6H,7H2,1-2H3. The molecule has 0 saturated heterocycles. The average molecular weight is 415 g/mol. The van der Waals surface area contributed by atoms with Crippen LogP contribution in [0.25, 0.3) is 0 Å². The topological polar surface area (TPSA) is 52.6 Å². The minimum atomic E-state index is -2.69. The molecule has 0 aliphatic heterocycles. The van der Waals surface area contributed by atoms with Gasteiger partial charge in [-0.15, -0.1) is 0 Å². The molecular formula is C11H12BrIO4. The van der Waals surface area contributed by atoms with Crippen molar-refractivity contribution in [2.45, 2.75) is 19.2 Å². The number of hydrogen-bond donors (Lipinski definition) is 0.